The van der Waals surface area contributed by atoms with E-state index < -0.39 is 18.0 Å². The highest BCUT2D eigenvalue weighted by molar-refractivity contribution is 7.99. The summed E-state index contributed by atoms with van der Waals surface area (Å²) < 4.78 is 36.3. The van der Waals surface area contributed by atoms with Crippen molar-refractivity contribution < 1.29 is 18.3 Å². The van der Waals surface area contributed by atoms with Crippen LogP contribution in [0.25, 0.3) is 11.4 Å². The van der Waals surface area contributed by atoms with Crippen molar-refractivity contribution in [1.29, 1.82) is 0 Å². The van der Waals surface area contributed by atoms with Crippen LogP contribution in [0, 0.1) is 0 Å². The number of benzene rings is 1. The van der Waals surface area contributed by atoms with E-state index >= 15 is 0 Å². The van der Waals surface area contributed by atoms with Gasteiger partial charge in [-0.15, -0.1) is 5.10 Å². The Balaban J connectivity index is 1.99. The van der Waals surface area contributed by atoms with Crippen LogP contribution >= 0.6 is 11.8 Å². The van der Waals surface area contributed by atoms with Gasteiger partial charge in [-0.3, -0.25) is 5.10 Å². The summed E-state index contributed by atoms with van der Waals surface area (Å²) in [5.74, 6) is -0.0557. The minimum Gasteiger partial charge on any atom is -0.383 e. The van der Waals surface area contributed by atoms with Crippen molar-refractivity contribution in [3.63, 3.8) is 0 Å². The molecule has 0 spiro atoms. The molecule has 1 aromatic heterocycles. The Bertz CT molecular complexity index is 529. The number of hydrogen-bond donors (Lipinski definition) is 2. The number of nitrogens with zero attached hydrogens (tertiary/aromatic N) is 2. The summed E-state index contributed by atoms with van der Waals surface area (Å²) in [5, 5.41) is 15.5. The summed E-state index contributed by atoms with van der Waals surface area (Å²) in [7, 11) is 0. The summed E-state index contributed by atoms with van der Waals surface area (Å²) in [6.45, 7) is 0. The van der Waals surface area contributed by atoms with E-state index in [9.17, 15) is 13.2 Å². The normalized spacial score (nSPS) is 13.5. The first kappa shape index (κ1) is 13.9. The maximum atomic E-state index is 12.1. The molecular formula is C11H10F3N3OS. The van der Waals surface area contributed by atoms with Crippen LogP contribution in [0.5, 0.6) is 0 Å². The van der Waals surface area contributed by atoms with Gasteiger partial charge in [-0.2, -0.15) is 13.2 Å². The lowest BCUT2D eigenvalue weighted by Gasteiger charge is -2.12. The first-order chi connectivity index (χ1) is 8.97. The molecule has 2 aromatic rings. The van der Waals surface area contributed by atoms with Gasteiger partial charge in [0.05, 0.1) is 0 Å². The van der Waals surface area contributed by atoms with Gasteiger partial charge < -0.3 is 5.11 Å². The largest absolute Gasteiger partial charge is 0.415 e. The number of halogens is 3. The number of aromatic nitrogens is 3. The van der Waals surface area contributed by atoms with E-state index in [-0.39, 0.29) is 5.16 Å². The van der Waals surface area contributed by atoms with E-state index in [2.05, 4.69) is 15.2 Å². The number of thioether (sulfide) groups is 1. The maximum Gasteiger partial charge on any atom is 0.415 e. The summed E-state index contributed by atoms with van der Waals surface area (Å²) in [4.78, 5) is 4.05. The van der Waals surface area contributed by atoms with Crippen molar-refractivity contribution in [2.45, 2.75) is 17.4 Å². The van der Waals surface area contributed by atoms with Crippen LogP contribution < -0.4 is 0 Å². The quantitative estimate of drug-likeness (QED) is 0.849. The third kappa shape index (κ3) is 3.71. The number of hydrogen-bond acceptors (Lipinski definition) is 4. The molecule has 0 aliphatic heterocycles. The van der Waals surface area contributed by atoms with Gasteiger partial charge in [0, 0.05) is 11.3 Å². The van der Waals surface area contributed by atoms with Crippen LogP contribution in [0.3, 0.4) is 0 Å². The number of H-pyrrole nitrogens is 1. The Morgan fingerprint density at radius 1 is 1.26 bits per heavy atom. The highest BCUT2D eigenvalue weighted by atomic mass is 32.2. The summed E-state index contributed by atoms with van der Waals surface area (Å²) in [5.41, 5.74) is 0.790. The lowest BCUT2D eigenvalue weighted by atomic mass is 10.2. The molecule has 0 radical (unpaired) electrons. The fourth-order valence-electron chi connectivity index (χ4n) is 1.28. The van der Waals surface area contributed by atoms with Gasteiger partial charge >= 0.3 is 6.18 Å². The van der Waals surface area contributed by atoms with Crippen molar-refractivity contribution in [3.8, 4) is 11.4 Å². The minimum atomic E-state index is -4.62. The molecule has 0 unspecified atom stereocenters. The molecule has 1 atom stereocenters. The SMILES string of the molecule is O[C@@H](CSc1n[nH]c(-c2ccccc2)n1)C(F)(F)F. The summed E-state index contributed by atoms with van der Waals surface area (Å²) in [6, 6.07) is 9.09. The van der Waals surface area contributed by atoms with Crippen molar-refractivity contribution in [1.82, 2.24) is 15.2 Å². The van der Waals surface area contributed by atoms with E-state index in [1.165, 1.54) is 0 Å². The molecule has 0 saturated heterocycles. The Morgan fingerprint density at radius 3 is 2.58 bits per heavy atom. The first-order valence-electron chi connectivity index (χ1n) is 5.32. The van der Waals surface area contributed by atoms with Gasteiger partial charge in [-0.1, -0.05) is 42.1 Å². The molecule has 1 heterocycles. The Kier molecular flexibility index (Phi) is 4.11. The first-order valence-corrected chi connectivity index (χ1v) is 6.31. The van der Waals surface area contributed by atoms with Crippen LogP contribution in [0.4, 0.5) is 13.2 Å². The molecule has 4 nitrogen and oxygen atoms in total. The Morgan fingerprint density at radius 2 is 1.95 bits per heavy atom. The van der Waals surface area contributed by atoms with E-state index in [1.807, 2.05) is 18.2 Å². The third-order valence-corrected chi connectivity index (χ3v) is 3.18. The average molecular weight is 289 g/mol. The monoisotopic (exact) mass is 289 g/mol. The molecule has 19 heavy (non-hydrogen) atoms. The topological polar surface area (TPSA) is 61.8 Å². The Labute approximate surface area is 111 Å². The van der Waals surface area contributed by atoms with E-state index in [0.29, 0.717) is 5.82 Å². The summed E-state index contributed by atoms with van der Waals surface area (Å²) >= 11 is 0.747. The lowest BCUT2D eigenvalue weighted by molar-refractivity contribution is -0.195. The number of aromatic amines is 1. The van der Waals surface area contributed by atoms with Gasteiger partial charge in [0.15, 0.2) is 11.9 Å². The van der Waals surface area contributed by atoms with Crippen molar-refractivity contribution in [3.05, 3.63) is 30.3 Å². The fourth-order valence-corrected chi connectivity index (χ4v) is 2.05. The van der Waals surface area contributed by atoms with Gasteiger partial charge in [0.1, 0.15) is 0 Å². The zero-order valence-electron chi connectivity index (χ0n) is 9.55. The zero-order valence-corrected chi connectivity index (χ0v) is 10.4. The van der Waals surface area contributed by atoms with Crippen LogP contribution in [0.15, 0.2) is 35.5 Å². The number of nitrogens with one attached hydrogen (secondary N) is 1. The van der Waals surface area contributed by atoms with E-state index in [0.717, 1.165) is 17.3 Å². The molecule has 0 bridgehead atoms. The smallest absolute Gasteiger partial charge is 0.383 e. The molecule has 2 rings (SSSR count). The van der Waals surface area contributed by atoms with Crippen LogP contribution in [0.2, 0.25) is 0 Å². The molecule has 0 amide bonds. The predicted octanol–water partition coefficient (Wildman–Crippen LogP) is 2.49. The lowest BCUT2D eigenvalue weighted by Crippen LogP contribution is -2.30. The van der Waals surface area contributed by atoms with Crippen LogP contribution in [-0.2, 0) is 0 Å². The van der Waals surface area contributed by atoms with Gasteiger partial charge in [0.25, 0.3) is 0 Å². The van der Waals surface area contributed by atoms with Gasteiger partial charge in [-0.05, 0) is 0 Å². The molecule has 0 saturated carbocycles. The maximum absolute atomic E-state index is 12.1. The van der Waals surface area contributed by atoms with Gasteiger partial charge in [-0.25, -0.2) is 4.98 Å². The minimum absolute atomic E-state index is 0.169. The molecule has 102 valence electrons. The molecule has 1 aromatic carbocycles. The molecular weight excluding hydrogens is 279 g/mol. The second kappa shape index (κ2) is 5.62. The molecule has 8 heteroatoms. The molecule has 0 fully saturated rings. The van der Waals surface area contributed by atoms with Crippen molar-refractivity contribution in [2.24, 2.45) is 0 Å². The standard InChI is InChI=1S/C11H10F3N3OS/c12-11(13,14)8(18)6-19-10-15-9(16-17-10)7-4-2-1-3-5-7/h1-5,8,18H,6H2,(H,15,16,17)/t8-/m0/s1. The number of alkyl halides is 3. The average Bonchev–Trinajstić information content (AvgIpc) is 2.84. The predicted molar refractivity (Wildman–Crippen MR) is 64.6 cm³/mol. The molecule has 2 N–H and O–H groups in total. The fraction of sp³-hybridized carbons (Fsp3) is 0.273. The van der Waals surface area contributed by atoms with Gasteiger partial charge in [0.2, 0.25) is 5.16 Å². The Hall–Kier alpha value is -1.54. The van der Waals surface area contributed by atoms with E-state index in [1.54, 1.807) is 12.1 Å². The van der Waals surface area contributed by atoms with Crippen molar-refractivity contribution in [2.75, 3.05) is 5.75 Å². The number of rotatable bonds is 4. The third-order valence-electron chi connectivity index (χ3n) is 2.26. The van der Waals surface area contributed by atoms with E-state index in [4.69, 9.17) is 5.11 Å². The molecule has 0 aliphatic rings. The van der Waals surface area contributed by atoms with Crippen molar-refractivity contribution >= 4 is 11.8 Å². The van der Waals surface area contributed by atoms with Crippen LogP contribution in [0.1, 0.15) is 0 Å². The number of aliphatic hydroxyl groups excluding tert-OH is 1. The van der Waals surface area contributed by atoms with Crippen LogP contribution in [-0.4, -0.2) is 38.3 Å². The second-order valence-corrected chi connectivity index (χ2v) is 4.69. The second-order valence-electron chi connectivity index (χ2n) is 3.70. The summed E-state index contributed by atoms with van der Waals surface area (Å²) in [6.07, 6.45) is -7.00. The zero-order chi connectivity index (χ0) is 13.9. The highest BCUT2D eigenvalue weighted by Crippen LogP contribution is 2.26. The molecule has 0 aliphatic carbocycles. The number of aliphatic hydroxyl groups is 1. The highest BCUT2D eigenvalue weighted by Gasteiger charge is 2.38.